The Kier molecular flexibility index (Phi) is 16.3. The second-order valence-electron chi connectivity index (χ2n) is 22.9. The normalized spacial score (nSPS) is 20.6. The number of fused-ring (bicyclic) bond motifs is 2. The number of aromatic nitrogens is 4. The van der Waals surface area contributed by atoms with Gasteiger partial charge in [0.25, 0.3) is 0 Å². The maximum Gasteiger partial charge on any atom is 0.407 e. The molecule has 10 rings (SSSR count). The lowest BCUT2D eigenvalue weighted by molar-refractivity contribution is -0.138. The number of carboxylic acid groups (broad SMARTS) is 1. The van der Waals surface area contributed by atoms with Crippen LogP contribution in [-0.2, 0) is 20.7 Å². The van der Waals surface area contributed by atoms with Crippen LogP contribution in [0, 0.1) is 41.0 Å². The molecule has 6 aromatic rings. The minimum Gasteiger partial charge on any atom is -0.465 e. The fraction of sp³-hybridized carbons (Fsp3) is 0.500. The van der Waals surface area contributed by atoms with E-state index in [1.54, 1.807) is 45.6 Å². The summed E-state index contributed by atoms with van der Waals surface area (Å²) >= 11 is 0. The lowest BCUT2D eigenvalue weighted by Crippen LogP contribution is -2.51. The number of carbonyl (C=O) groups is 4. The van der Waals surface area contributed by atoms with Crippen molar-refractivity contribution < 1.29 is 46.6 Å². The molecule has 4 amide bonds. The third kappa shape index (κ3) is 11.1. The Morgan fingerprint density at radius 1 is 0.700 bits per heavy atom. The molecule has 4 aliphatic rings. The number of ether oxygens (including phenoxy) is 1. The van der Waals surface area contributed by atoms with Crippen molar-refractivity contribution in [2.45, 2.75) is 135 Å². The minimum absolute atomic E-state index is 0.100. The van der Waals surface area contributed by atoms with E-state index in [4.69, 9.17) is 14.7 Å². The number of anilines is 2. The van der Waals surface area contributed by atoms with Crippen LogP contribution < -0.4 is 15.1 Å². The van der Waals surface area contributed by atoms with Crippen LogP contribution in [0.5, 0.6) is 0 Å². The number of likely N-dealkylation sites (N-methyl/N-ethyl adjacent to an activating group) is 1. The molecule has 0 saturated carbocycles. The number of piperidine rings is 1. The molecular weight excluding hydrogens is 1030 g/mol. The predicted octanol–water partition coefficient (Wildman–Crippen LogP) is 11.7. The van der Waals surface area contributed by atoms with Gasteiger partial charge in [0.05, 0.1) is 53.3 Å². The molecule has 4 N–H and O–H groups in total. The zero-order valence-corrected chi connectivity index (χ0v) is 46.3. The van der Waals surface area contributed by atoms with Gasteiger partial charge in [-0.05, 0) is 130 Å². The van der Waals surface area contributed by atoms with E-state index >= 15 is 17.6 Å². The molecule has 0 aliphatic carbocycles. The highest BCUT2D eigenvalue weighted by molar-refractivity contribution is 5.87. The average Bonchev–Trinajstić information content (AvgIpc) is 4.34. The maximum atomic E-state index is 17.0. The first-order valence-electron chi connectivity index (χ1n) is 28.3. The van der Waals surface area contributed by atoms with Crippen molar-refractivity contribution in [3.63, 3.8) is 0 Å². The molecular formula is C60H72F4N10O6. The molecule has 80 heavy (non-hydrogen) atoms. The number of nitrogens with one attached hydrogen (secondary N) is 3. The van der Waals surface area contributed by atoms with E-state index in [1.165, 1.54) is 44.0 Å². The maximum absolute atomic E-state index is 17.0. The number of rotatable bonds is 16. The summed E-state index contributed by atoms with van der Waals surface area (Å²) in [5.74, 6) is -2.76. The van der Waals surface area contributed by atoms with Crippen molar-refractivity contribution in [3.8, 4) is 0 Å². The summed E-state index contributed by atoms with van der Waals surface area (Å²) < 4.78 is 72.6. The highest BCUT2D eigenvalue weighted by atomic mass is 19.1. The van der Waals surface area contributed by atoms with E-state index in [-0.39, 0.29) is 59.0 Å². The topological polar surface area (TPSA) is 183 Å². The van der Waals surface area contributed by atoms with Crippen molar-refractivity contribution in [1.29, 1.82) is 0 Å². The van der Waals surface area contributed by atoms with Gasteiger partial charge in [0.2, 0.25) is 11.8 Å². The lowest BCUT2D eigenvalue weighted by Gasteiger charge is -2.36. The lowest BCUT2D eigenvalue weighted by atomic mass is 9.90. The van der Waals surface area contributed by atoms with Gasteiger partial charge < -0.3 is 44.7 Å². The summed E-state index contributed by atoms with van der Waals surface area (Å²) in [5.41, 5.74) is 3.13. The summed E-state index contributed by atoms with van der Waals surface area (Å²) in [5, 5.41) is 12.5. The Morgan fingerprint density at radius 2 is 1.24 bits per heavy atom. The van der Waals surface area contributed by atoms with Crippen LogP contribution in [0.1, 0.15) is 144 Å². The van der Waals surface area contributed by atoms with E-state index in [9.17, 15) is 24.3 Å². The summed E-state index contributed by atoms with van der Waals surface area (Å²) in [6, 6.07) is 14.2. The van der Waals surface area contributed by atoms with Gasteiger partial charge in [0.1, 0.15) is 41.1 Å². The number of halogens is 4. The third-order valence-electron chi connectivity index (χ3n) is 17.2. The SMILES string of the molecule is COC(=O)N[C@H](C(=O)N1CCC[C@H]1c1nc2cc([C@H]3CC[C@H](c4cc5nc([C@@H]6CCCN6C(=O)[C@H](C(C)C)N(C)C(=O)O)[nH]c5cc4F)N3c3cc(F)c(N4CCC(CCCc5ccccc5)CC4)c(F)c3)c(F)cc2[nH]1)C(C)C. The van der Waals surface area contributed by atoms with Gasteiger partial charge in [-0.25, -0.2) is 37.1 Å². The molecule has 426 valence electrons. The van der Waals surface area contributed by atoms with Crippen molar-refractivity contribution in [3.05, 3.63) is 118 Å². The van der Waals surface area contributed by atoms with Crippen molar-refractivity contribution in [2.75, 3.05) is 50.1 Å². The Labute approximate surface area is 463 Å². The molecule has 16 nitrogen and oxygen atoms in total. The van der Waals surface area contributed by atoms with Gasteiger partial charge in [0.15, 0.2) is 11.6 Å². The molecule has 6 heterocycles. The van der Waals surface area contributed by atoms with Crippen LogP contribution in [0.25, 0.3) is 22.1 Å². The van der Waals surface area contributed by atoms with Crippen molar-refractivity contribution in [1.82, 2.24) is 40.0 Å². The van der Waals surface area contributed by atoms with Gasteiger partial charge >= 0.3 is 12.2 Å². The molecule has 0 radical (unpaired) electrons. The highest BCUT2D eigenvalue weighted by Crippen LogP contribution is 2.50. The number of imidazole rings is 2. The number of aromatic amines is 2. The van der Waals surface area contributed by atoms with Crippen LogP contribution in [0.4, 0.5) is 38.5 Å². The number of aryl methyl sites for hydroxylation is 1. The number of hydrogen-bond donors (Lipinski definition) is 4. The van der Waals surface area contributed by atoms with Gasteiger partial charge in [0, 0.05) is 50.0 Å². The number of nitrogens with zero attached hydrogens (tertiary/aromatic N) is 7. The second-order valence-corrected chi connectivity index (χ2v) is 22.9. The van der Waals surface area contributed by atoms with Crippen LogP contribution in [0.2, 0.25) is 0 Å². The Hall–Kier alpha value is -7.38. The molecule has 0 spiro atoms. The molecule has 2 aromatic heterocycles. The molecule has 6 atom stereocenters. The number of alkyl carbamates (subject to hydrolysis) is 1. The fourth-order valence-corrected chi connectivity index (χ4v) is 13.1. The third-order valence-corrected chi connectivity index (χ3v) is 17.2. The zero-order valence-electron chi connectivity index (χ0n) is 46.3. The molecule has 20 heteroatoms. The van der Waals surface area contributed by atoms with Crippen LogP contribution >= 0.6 is 0 Å². The second kappa shape index (κ2) is 23.4. The van der Waals surface area contributed by atoms with E-state index in [2.05, 4.69) is 27.4 Å². The summed E-state index contributed by atoms with van der Waals surface area (Å²) in [6.45, 7) is 8.98. The predicted molar refractivity (Wildman–Crippen MR) is 296 cm³/mol. The first kappa shape index (κ1) is 55.9. The van der Waals surface area contributed by atoms with Crippen LogP contribution in [0.15, 0.2) is 66.7 Å². The summed E-state index contributed by atoms with van der Waals surface area (Å²) in [6.07, 6.45) is 5.56. The number of methoxy groups -OCH3 is 1. The van der Waals surface area contributed by atoms with Crippen molar-refractivity contribution >= 4 is 57.4 Å². The van der Waals surface area contributed by atoms with Gasteiger partial charge in [-0.1, -0.05) is 58.0 Å². The van der Waals surface area contributed by atoms with Crippen LogP contribution in [0.3, 0.4) is 0 Å². The highest BCUT2D eigenvalue weighted by Gasteiger charge is 2.43. The van der Waals surface area contributed by atoms with Crippen molar-refractivity contribution in [2.24, 2.45) is 17.8 Å². The smallest absolute Gasteiger partial charge is 0.407 e. The van der Waals surface area contributed by atoms with Gasteiger partial charge in [-0.2, -0.15) is 0 Å². The largest absolute Gasteiger partial charge is 0.465 e. The van der Waals surface area contributed by atoms with Gasteiger partial charge in [-0.3, -0.25) is 14.5 Å². The number of amides is 4. The van der Waals surface area contributed by atoms with Gasteiger partial charge in [-0.15, -0.1) is 0 Å². The molecule has 0 unspecified atom stereocenters. The molecule has 4 aromatic carbocycles. The molecule has 4 aliphatic heterocycles. The Morgan fingerprint density at radius 3 is 1.74 bits per heavy atom. The summed E-state index contributed by atoms with van der Waals surface area (Å²) in [4.78, 5) is 76.4. The zero-order chi connectivity index (χ0) is 56.7. The monoisotopic (exact) mass is 1100 g/mol. The molecule has 4 fully saturated rings. The molecule has 4 saturated heterocycles. The number of H-pyrrole nitrogens is 2. The molecule has 0 bridgehead atoms. The Balaban J connectivity index is 0.971. The number of benzene rings is 4. The fourth-order valence-electron chi connectivity index (χ4n) is 13.1. The minimum atomic E-state index is -1.22. The van der Waals surface area contributed by atoms with E-state index in [0.717, 1.165) is 37.0 Å². The Bertz CT molecular complexity index is 3230. The first-order valence-corrected chi connectivity index (χ1v) is 28.3. The average molecular weight is 1110 g/mol. The number of carbonyl (C=O) groups excluding carboxylic acids is 3. The van der Waals surface area contributed by atoms with E-state index < -0.39 is 71.7 Å². The van der Waals surface area contributed by atoms with E-state index in [0.29, 0.717) is 91.5 Å². The standard InChI is InChI=1S/C60H72F4N10O6/c1-33(2)52(69-59(77)80-6)57(75)72-23-11-17-50(72)55-65-44-29-38(40(61)31-46(44)67-55)48-19-20-49(74(48)37-27-42(63)54(43(64)28-37)71-25-21-36(22-26-71)16-10-15-35-13-8-7-9-14-35)39-30-45-47(32-41(39)62)68-56(66-45)51-18-12-24-73(51)58(76)53(34(3)4)70(5)60(78)79/h7-9,13-14,27-34,36,48-53H,10-12,15-26H2,1-6H3,(H,65,67)(H,66,68)(H,69,77)(H,78,79)/t48-,49-,50+,51+,52+,53+/m1/s1. The van der Waals surface area contributed by atoms with Crippen LogP contribution in [-0.4, -0.2) is 116 Å². The quantitative estimate of drug-likeness (QED) is 0.0681. The first-order chi connectivity index (χ1) is 38.4. The number of hydrogen-bond acceptors (Lipinski definition) is 9. The van der Waals surface area contributed by atoms with E-state index in [1.807, 2.05) is 32.0 Å². The number of likely N-dealkylation sites (tertiary alicyclic amines) is 2. The summed E-state index contributed by atoms with van der Waals surface area (Å²) in [7, 11) is 2.61.